The van der Waals surface area contributed by atoms with Crippen molar-refractivity contribution in [2.24, 2.45) is 11.8 Å². The van der Waals surface area contributed by atoms with Gasteiger partial charge in [0.15, 0.2) is 0 Å². The molecule has 1 rings (SSSR count). The summed E-state index contributed by atoms with van der Waals surface area (Å²) in [5.74, 6) is -1.19. The normalized spacial score (nSPS) is 20.4. The van der Waals surface area contributed by atoms with Crippen LogP contribution >= 0.6 is 0 Å². The molecule has 0 aromatic heterocycles. The SMILES string of the molecule is C=CCOC(=O)C1CCCCC1C(=O)OCCCCCCCCC. The summed E-state index contributed by atoms with van der Waals surface area (Å²) in [6.07, 6.45) is 13.3. The Morgan fingerprint density at radius 2 is 1.46 bits per heavy atom. The quantitative estimate of drug-likeness (QED) is 0.291. The molecule has 138 valence electrons. The highest BCUT2D eigenvalue weighted by Gasteiger charge is 2.37. The highest BCUT2D eigenvalue weighted by Crippen LogP contribution is 2.32. The summed E-state index contributed by atoms with van der Waals surface area (Å²) in [5, 5.41) is 0. The van der Waals surface area contributed by atoms with E-state index in [2.05, 4.69) is 13.5 Å². The Balaban J connectivity index is 2.25. The van der Waals surface area contributed by atoms with Gasteiger partial charge in [0.1, 0.15) is 6.61 Å². The van der Waals surface area contributed by atoms with E-state index in [1.54, 1.807) is 6.08 Å². The van der Waals surface area contributed by atoms with Gasteiger partial charge in [-0.05, 0) is 19.3 Å². The van der Waals surface area contributed by atoms with Crippen LogP contribution in [-0.4, -0.2) is 25.2 Å². The van der Waals surface area contributed by atoms with Crippen LogP contribution in [0.3, 0.4) is 0 Å². The van der Waals surface area contributed by atoms with Gasteiger partial charge in [0, 0.05) is 0 Å². The van der Waals surface area contributed by atoms with E-state index in [0.717, 1.165) is 32.1 Å². The number of unbranched alkanes of at least 4 members (excludes halogenated alkanes) is 6. The standard InChI is InChI=1S/C20H34O4/c1-3-5-6-7-8-9-12-16-24-20(22)18-14-11-10-13-17(18)19(21)23-15-4-2/h4,17-18H,2-3,5-16H2,1H3. The minimum absolute atomic E-state index is 0.204. The highest BCUT2D eigenvalue weighted by molar-refractivity contribution is 5.82. The lowest BCUT2D eigenvalue weighted by atomic mass is 9.79. The molecule has 0 aliphatic heterocycles. The molecule has 2 unspecified atom stereocenters. The number of esters is 2. The summed E-state index contributed by atoms with van der Waals surface area (Å²) in [4.78, 5) is 24.4. The van der Waals surface area contributed by atoms with Crippen LogP contribution < -0.4 is 0 Å². The second-order valence-corrected chi connectivity index (χ2v) is 6.70. The molecular weight excluding hydrogens is 304 g/mol. The van der Waals surface area contributed by atoms with E-state index >= 15 is 0 Å². The van der Waals surface area contributed by atoms with E-state index < -0.39 is 0 Å². The van der Waals surface area contributed by atoms with E-state index in [4.69, 9.17) is 9.47 Å². The van der Waals surface area contributed by atoms with Crippen molar-refractivity contribution in [1.29, 1.82) is 0 Å². The van der Waals surface area contributed by atoms with Crippen LogP contribution in [0.2, 0.25) is 0 Å². The van der Waals surface area contributed by atoms with Crippen molar-refractivity contribution in [2.45, 2.75) is 77.6 Å². The molecule has 0 bridgehead atoms. The van der Waals surface area contributed by atoms with E-state index in [9.17, 15) is 9.59 Å². The summed E-state index contributed by atoms with van der Waals surface area (Å²) in [5.41, 5.74) is 0. The van der Waals surface area contributed by atoms with Crippen LogP contribution in [0.5, 0.6) is 0 Å². The molecule has 4 nitrogen and oxygen atoms in total. The lowest BCUT2D eigenvalue weighted by molar-refractivity contribution is -0.162. The maximum absolute atomic E-state index is 12.3. The Hall–Kier alpha value is -1.32. The second kappa shape index (κ2) is 13.0. The number of ether oxygens (including phenoxy) is 2. The van der Waals surface area contributed by atoms with Gasteiger partial charge in [-0.1, -0.05) is 70.9 Å². The highest BCUT2D eigenvalue weighted by atomic mass is 16.5. The fourth-order valence-electron chi connectivity index (χ4n) is 3.28. The minimum Gasteiger partial charge on any atom is -0.465 e. The van der Waals surface area contributed by atoms with Gasteiger partial charge >= 0.3 is 11.9 Å². The van der Waals surface area contributed by atoms with Crippen LogP contribution in [0.1, 0.15) is 77.6 Å². The summed E-state index contributed by atoms with van der Waals surface area (Å²) in [6, 6.07) is 0. The molecule has 0 amide bonds. The van der Waals surface area contributed by atoms with Gasteiger partial charge < -0.3 is 9.47 Å². The van der Waals surface area contributed by atoms with Crippen molar-refractivity contribution in [3.63, 3.8) is 0 Å². The summed E-state index contributed by atoms with van der Waals surface area (Å²) in [7, 11) is 0. The largest absolute Gasteiger partial charge is 0.465 e. The van der Waals surface area contributed by atoms with Crippen molar-refractivity contribution >= 4 is 11.9 Å². The summed E-state index contributed by atoms with van der Waals surface area (Å²) >= 11 is 0. The Labute approximate surface area is 147 Å². The molecule has 1 fully saturated rings. The van der Waals surface area contributed by atoms with Crippen LogP contribution in [-0.2, 0) is 19.1 Å². The molecule has 0 radical (unpaired) electrons. The molecule has 0 aromatic rings. The Bertz CT molecular complexity index is 378. The maximum atomic E-state index is 12.3. The molecule has 0 heterocycles. The maximum Gasteiger partial charge on any atom is 0.310 e. The predicted octanol–water partition coefficient (Wildman–Crippen LogP) is 4.82. The Kier molecular flexibility index (Phi) is 11.2. The van der Waals surface area contributed by atoms with Crippen molar-refractivity contribution in [3.05, 3.63) is 12.7 Å². The van der Waals surface area contributed by atoms with Crippen LogP contribution in [0.4, 0.5) is 0 Å². The van der Waals surface area contributed by atoms with Crippen molar-refractivity contribution in [1.82, 2.24) is 0 Å². The molecule has 4 heteroatoms. The third-order valence-corrected chi connectivity index (χ3v) is 4.71. The first-order valence-electron chi connectivity index (χ1n) is 9.64. The van der Waals surface area contributed by atoms with Gasteiger partial charge in [-0.2, -0.15) is 0 Å². The first-order valence-corrected chi connectivity index (χ1v) is 9.64. The molecular formula is C20H34O4. The molecule has 2 atom stereocenters. The van der Waals surface area contributed by atoms with Crippen LogP contribution in [0.15, 0.2) is 12.7 Å². The Morgan fingerprint density at radius 1 is 0.917 bits per heavy atom. The van der Waals surface area contributed by atoms with Gasteiger partial charge in [0.05, 0.1) is 18.4 Å². The molecule has 1 aliphatic carbocycles. The first-order chi connectivity index (χ1) is 11.7. The molecule has 0 saturated heterocycles. The number of hydrogen-bond donors (Lipinski definition) is 0. The van der Waals surface area contributed by atoms with Gasteiger partial charge in [0.2, 0.25) is 0 Å². The van der Waals surface area contributed by atoms with Gasteiger partial charge in [0.25, 0.3) is 0 Å². The molecule has 1 saturated carbocycles. The molecule has 24 heavy (non-hydrogen) atoms. The second-order valence-electron chi connectivity index (χ2n) is 6.70. The lowest BCUT2D eigenvalue weighted by Crippen LogP contribution is -2.35. The monoisotopic (exact) mass is 338 g/mol. The van der Waals surface area contributed by atoms with Gasteiger partial charge in [-0.15, -0.1) is 0 Å². The fourth-order valence-corrected chi connectivity index (χ4v) is 3.28. The summed E-state index contributed by atoms with van der Waals surface area (Å²) in [6.45, 7) is 6.43. The van der Waals surface area contributed by atoms with Gasteiger partial charge in [-0.3, -0.25) is 9.59 Å². The number of rotatable bonds is 12. The zero-order valence-electron chi connectivity index (χ0n) is 15.3. The fraction of sp³-hybridized carbons (Fsp3) is 0.800. The number of carbonyl (C=O) groups is 2. The predicted molar refractivity (Wildman–Crippen MR) is 95.6 cm³/mol. The molecule has 1 aliphatic rings. The Morgan fingerprint density at radius 3 is 2.04 bits per heavy atom. The van der Waals surface area contributed by atoms with E-state index in [1.807, 2.05) is 0 Å². The summed E-state index contributed by atoms with van der Waals surface area (Å²) < 4.78 is 10.6. The smallest absolute Gasteiger partial charge is 0.310 e. The molecule has 0 N–H and O–H groups in total. The van der Waals surface area contributed by atoms with Crippen LogP contribution in [0, 0.1) is 11.8 Å². The number of carbonyl (C=O) groups excluding carboxylic acids is 2. The third kappa shape index (κ3) is 7.98. The number of hydrogen-bond acceptors (Lipinski definition) is 4. The lowest BCUT2D eigenvalue weighted by Gasteiger charge is -2.28. The first kappa shape index (κ1) is 20.7. The minimum atomic E-state index is -0.347. The van der Waals surface area contributed by atoms with E-state index in [-0.39, 0.29) is 30.4 Å². The van der Waals surface area contributed by atoms with Crippen molar-refractivity contribution in [3.8, 4) is 0 Å². The third-order valence-electron chi connectivity index (χ3n) is 4.71. The topological polar surface area (TPSA) is 52.6 Å². The average Bonchev–Trinajstić information content (AvgIpc) is 2.61. The van der Waals surface area contributed by atoms with E-state index in [1.165, 1.54) is 32.1 Å². The molecule has 0 aromatic carbocycles. The van der Waals surface area contributed by atoms with Gasteiger partial charge in [-0.25, -0.2) is 0 Å². The van der Waals surface area contributed by atoms with Crippen molar-refractivity contribution in [2.75, 3.05) is 13.2 Å². The zero-order valence-corrected chi connectivity index (χ0v) is 15.3. The zero-order chi connectivity index (χ0) is 17.6. The van der Waals surface area contributed by atoms with Crippen molar-refractivity contribution < 1.29 is 19.1 Å². The average molecular weight is 338 g/mol. The van der Waals surface area contributed by atoms with E-state index in [0.29, 0.717) is 13.0 Å². The molecule has 0 spiro atoms. The van der Waals surface area contributed by atoms with Crippen LogP contribution in [0.25, 0.3) is 0 Å².